The van der Waals surface area contributed by atoms with E-state index in [2.05, 4.69) is 0 Å². The summed E-state index contributed by atoms with van der Waals surface area (Å²) in [4.78, 5) is 24.5. The van der Waals surface area contributed by atoms with Gasteiger partial charge in [-0.25, -0.2) is 9.59 Å². The second-order valence-corrected chi connectivity index (χ2v) is 6.22. The summed E-state index contributed by atoms with van der Waals surface area (Å²) >= 11 is 0. The van der Waals surface area contributed by atoms with Crippen LogP contribution in [0.1, 0.15) is 52.4 Å². The van der Waals surface area contributed by atoms with Crippen molar-refractivity contribution in [2.75, 3.05) is 13.2 Å². The molecule has 0 amide bonds. The number of hydrogen-bond acceptors (Lipinski definition) is 4. The third kappa shape index (κ3) is 2.38. The van der Waals surface area contributed by atoms with Crippen LogP contribution in [-0.4, -0.2) is 25.2 Å². The molecule has 0 unspecified atom stereocenters. The van der Waals surface area contributed by atoms with E-state index < -0.39 is 0 Å². The van der Waals surface area contributed by atoms with Crippen molar-refractivity contribution in [2.45, 2.75) is 52.4 Å². The molecule has 0 radical (unpaired) electrons. The van der Waals surface area contributed by atoms with Crippen molar-refractivity contribution >= 4 is 11.9 Å². The van der Waals surface area contributed by atoms with E-state index in [1.165, 1.54) is 0 Å². The summed E-state index contributed by atoms with van der Waals surface area (Å²) in [6.45, 7) is 4.45. The van der Waals surface area contributed by atoms with Crippen molar-refractivity contribution < 1.29 is 19.1 Å². The highest BCUT2D eigenvalue weighted by Gasteiger charge is 2.48. The van der Waals surface area contributed by atoms with Gasteiger partial charge in [0.1, 0.15) is 0 Å². The smallest absolute Gasteiger partial charge is 0.334 e. The normalized spacial score (nSPS) is 26.8. The predicted octanol–water partition coefficient (Wildman–Crippen LogP) is 3.32. The number of carbonyl (C=O) groups excluding carboxylic acids is 2. The van der Waals surface area contributed by atoms with E-state index in [1.54, 1.807) is 0 Å². The fourth-order valence-electron chi connectivity index (χ4n) is 4.30. The van der Waals surface area contributed by atoms with Crippen molar-refractivity contribution in [1.29, 1.82) is 0 Å². The molecule has 3 aliphatic carbocycles. The average molecular weight is 304 g/mol. The lowest BCUT2D eigenvalue weighted by Crippen LogP contribution is -2.40. The molecule has 2 atom stereocenters. The molecule has 4 nitrogen and oxygen atoms in total. The summed E-state index contributed by atoms with van der Waals surface area (Å²) in [6.07, 6.45) is 5.89. The number of hydrogen-bond donors (Lipinski definition) is 0. The minimum atomic E-state index is -0.193. The van der Waals surface area contributed by atoms with Gasteiger partial charge in [-0.1, -0.05) is 0 Å². The lowest BCUT2D eigenvalue weighted by atomic mass is 9.54. The first-order valence-corrected chi connectivity index (χ1v) is 8.49. The molecule has 0 bridgehead atoms. The van der Waals surface area contributed by atoms with E-state index in [-0.39, 0.29) is 11.9 Å². The predicted molar refractivity (Wildman–Crippen MR) is 82.0 cm³/mol. The fourth-order valence-corrected chi connectivity index (χ4v) is 4.30. The molecule has 0 aromatic carbocycles. The average Bonchev–Trinajstić information content (AvgIpc) is 2.51. The Hall–Kier alpha value is -1.58. The Bertz CT molecular complexity index is 505. The van der Waals surface area contributed by atoms with Crippen LogP contribution < -0.4 is 0 Å². The Kier molecular flexibility index (Phi) is 4.37. The second-order valence-electron chi connectivity index (χ2n) is 6.22. The van der Waals surface area contributed by atoms with E-state index in [1.807, 2.05) is 13.8 Å². The van der Waals surface area contributed by atoms with E-state index in [0.717, 1.165) is 60.8 Å². The Morgan fingerprint density at radius 2 is 1.27 bits per heavy atom. The first-order valence-electron chi connectivity index (χ1n) is 8.49. The van der Waals surface area contributed by atoms with Gasteiger partial charge in [-0.05, 0) is 75.4 Å². The third-order valence-electron chi connectivity index (χ3n) is 5.10. The van der Waals surface area contributed by atoms with Gasteiger partial charge in [-0.2, -0.15) is 0 Å². The van der Waals surface area contributed by atoms with Crippen molar-refractivity contribution in [3.63, 3.8) is 0 Å². The number of esters is 2. The van der Waals surface area contributed by atoms with Crippen LogP contribution in [0.15, 0.2) is 22.3 Å². The SMILES string of the molecule is CCOC(=O)C1=C2C3=C(C(=O)OCC)CCC[C@@H]3[C@H]2CCC1. The molecule has 3 rings (SSSR count). The molecule has 3 aliphatic rings. The topological polar surface area (TPSA) is 52.6 Å². The molecule has 1 fully saturated rings. The van der Waals surface area contributed by atoms with E-state index in [9.17, 15) is 9.59 Å². The molecule has 0 aliphatic heterocycles. The van der Waals surface area contributed by atoms with Gasteiger partial charge in [-0.15, -0.1) is 0 Å². The quantitative estimate of drug-likeness (QED) is 0.748. The highest BCUT2D eigenvalue weighted by molar-refractivity contribution is 5.95. The summed E-state index contributed by atoms with van der Waals surface area (Å²) < 4.78 is 10.4. The van der Waals surface area contributed by atoms with Gasteiger partial charge >= 0.3 is 11.9 Å². The zero-order valence-electron chi connectivity index (χ0n) is 13.4. The second kappa shape index (κ2) is 6.27. The lowest BCUT2D eigenvalue weighted by molar-refractivity contribution is -0.140. The molecule has 0 heterocycles. The van der Waals surface area contributed by atoms with Crippen LogP contribution >= 0.6 is 0 Å². The number of rotatable bonds is 4. The largest absolute Gasteiger partial charge is 0.463 e. The van der Waals surface area contributed by atoms with Gasteiger partial charge in [0.25, 0.3) is 0 Å². The lowest BCUT2D eigenvalue weighted by Gasteiger charge is -2.49. The standard InChI is InChI=1S/C18H24O4/c1-3-21-17(19)13-9-5-7-11-12-8-6-10-14(16(12)15(11)13)18(20)22-4-2/h11-12H,3-10H2,1-2H3/t11-,12-/m1/s1. The van der Waals surface area contributed by atoms with Gasteiger partial charge in [-0.3, -0.25) is 0 Å². The maximum Gasteiger partial charge on any atom is 0.334 e. The maximum atomic E-state index is 12.2. The molecule has 0 saturated heterocycles. The van der Waals surface area contributed by atoms with Crippen molar-refractivity contribution in [3.05, 3.63) is 22.3 Å². The molecule has 4 heteroatoms. The molecule has 22 heavy (non-hydrogen) atoms. The fraction of sp³-hybridized carbons (Fsp3) is 0.667. The molecular formula is C18H24O4. The Labute approximate surface area is 131 Å². The number of allylic oxidation sites excluding steroid dienone is 2. The van der Waals surface area contributed by atoms with Crippen molar-refractivity contribution in [2.24, 2.45) is 11.8 Å². The third-order valence-corrected chi connectivity index (χ3v) is 5.10. The van der Waals surface area contributed by atoms with E-state index in [0.29, 0.717) is 25.0 Å². The van der Waals surface area contributed by atoms with Gasteiger partial charge in [0.15, 0.2) is 0 Å². The summed E-state index contributed by atoms with van der Waals surface area (Å²) in [5.74, 6) is 0.518. The maximum absolute atomic E-state index is 12.2. The minimum Gasteiger partial charge on any atom is -0.463 e. The molecule has 0 spiro atoms. The van der Waals surface area contributed by atoms with E-state index >= 15 is 0 Å². The zero-order valence-corrected chi connectivity index (χ0v) is 13.4. The minimum absolute atomic E-state index is 0.193. The Morgan fingerprint density at radius 3 is 1.64 bits per heavy atom. The van der Waals surface area contributed by atoms with Crippen molar-refractivity contribution in [1.82, 2.24) is 0 Å². The summed E-state index contributed by atoms with van der Waals surface area (Å²) in [5, 5.41) is 0. The molecular weight excluding hydrogens is 280 g/mol. The Morgan fingerprint density at radius 1 is 0.864 bits per heavy atom. The highest BCUT2D eigenvalue weighted by Crippen LogP contribution is 2.58. The van der Waals surface area contributed by atoms with Crippen LogP contribution in [0, 0.1) is 11.8 Å². The Balaban J connectivity index is 2.01. The summed E-state index contributed by atoms with van der Waals surface area (Å²) in [5.41, 5.74) is 3.87. The van der Waals surface area contributed by atoms with Crippen LogP contribution in [-0.2, 0) is 19.1 Å². The molecule has 0 aromatic heterocycles. The molecule has 0 N–H and O–H groups in total. The summed E-state index contributed by atoms with van der Waals surface area (Å²) in [6, 6.07) is 0. The van der Waals surface area contributed by atoms with Crippen molar-refractivity contribution in [3.8, 4) is 0 Å². The number of ether oxygens (including phenoxy) is 2. The molecule has 0 aromatic rings. The van der Waals surface area contributed by atoms with Crippen LogP contribution in [0.5, 0.6) is 0 Å². The zero-order chi connectivity index (χ0) is 15.7. The van der Waals surface area contributed by atoms with Gasteiger partial charge < -0.3 is 9.47 Å². The van der Waals surface area contributed by atoms with Crippen LogP contribution in [0.25, 0.3) is 0 Å². The molecule has 120 valence electrons. The van der Waals surface area contributed by atoms with Gasteiger partial charge in [0.2, 0.25) is 0 Å². The van der Waals surface area contributed by atoms with E-state index in [4.69, 9.17) is 9.47 Å². The first-order chi connectivity index (χ1) is 10.7. The van der Waals surface area contributed by atoms with Crippen LogP contribution in [0.4, 0.5) is 0 Å². The molecule has 1 saturated carbocycles. The van der Waals surface area contributed by atoms with Gasteiger partial charge in [0, 0.05) is 11.1 Å². The highest BCUT2D eigenvalue weighted by atomic mass is 16.5. The van der Waals surface area contributed by atoms with Crippen LogP contribution in [0.3, 0.4) is 0 Å². The number of fused-ring (bicyclic) bond motifs is 4. The summed E-state index contributed by atoms with van der Waals surface area (Å²) in [7, 11) is 0. The number of carbonyl (C=O) groups is 2. The van der Waals surface area contributed by atoms with Gasteiger partial charge in [0.05, 0.1) is 13.2 Å². The van der Waals surface area contributed by atoms with Crippen LogP contribution in [0.2, 0.25) is 0 Å². The first kappa shape index (κ1) is 15.3. The monoisotopic (exact) mass is 304 g/mol.